The quantitative estimate of drug-likeness (QED) is 0.614. The Balaban J connectivity index is 2.11. The minimum absolute atomic E-state index is 0.890. The highest BCUT2D eigenvalue weighted by Crippen LogP contribution is 2.38. The van der Waals surface area contributed by atoms with E-state index in [4.69, 9.17) is 5.73 Å². The normalized spacial score (nSPS) is 34.0. The fraction of sp³-hybridized carbons (Fsp3) is 1.00. The monoisotopic (exact) mass is 127 g/mol. The Morgan fingerprint density at radius 1 is 1.33 bits per heavy atom. The molecule has 1 heteroatoms. The van der Waals surface area contributed by atoms with Crippen LogP contribution in [0.15, 0.2) is 0 Å². The molecule has 0 spiro atoms. The van der Waals surface area contributed by atoms with Gasteiger partial charge in [-0.25, -0.2) is 0 Å². The number of rotatable bonds is 3. The van der Waals surface area contributed by atoms with Crippen molar-refractivity contribution in [3.8, 4) is 0 Å². The van der Waals surface area contributed by atoms with Gasteiger partial charge in [0.25, 0.3) is 0 Å². The van der Waals surface area contributed by atoms with Crippen LogP contribution in [0.1, 0.15) is 32.6 Å². The van der Waals surface area contributed by atoms with Gasteiger partial charge < -0.3 is 5.73 Å². The molecule has 0 bridgehead atoms. The molecule has 1 fully saturated rings. The topological polar surface area (TPSA) is 26.0 Å². The predicted octanol–water partition coefficient (Wildman–Crippen LogP) is 1.77. The fourth-order valence-corrected chi connectivity index (χ4v) is 1.77. The van der Waals surface area contributed by atoms with E-state index in [0.717, 1.165) is 18.4 Å². The predicted molar refractivity (Wildman–Crippen MR) is 40.2 cm³/mol. The molecule has 0 aromatic carbocycles. The highest BCUT2D eigenvalue weighted by atomic mass is 14.5. The Morgan fingerprint density at radius 3 is 2.33 bits per heavy atom. The van der Waals surface area contributed by atoms with Crippen LogP contribution in [0.5, 0.6) is 0 Å². The summed E-state index contributed by atoms with van der Waals surface area (Å²) in [7, 11) is 0. The molecular weight excluding hydrogens is 110 g/mol. The summed E-state index contributed by atoms with van der Waals surface area (Å²) in [5.74, 6) is 2.01. The lowest BCUT2D eigenvalue weighted by atomic mass is 9.71. The second kappa shape index (κ2) is 3.21. The zero-order valence-corrected chi connectivity index (χ0v) is 6.27. The minimum atomic E-state index is 0.890. The summed E-state index contributed by atoms with van der Waals surface area (Å²) >= 11 is 0. The molecule has 0 aromatic rings. The van der Waals surface area contributed by atoms with Gasteiger partial charge in [0.2, 0.25) is 0 Å². The van der Waals surface area contributed by atoms with Crippen LogP contribution in [-0.2, 0) is 0 Å². The van der Waals surface area contributed by atoms with Crippen molar-refractivity contribution in [3.05, 3.63) is 0 Å². The van der Waals surface area contributed by atoms with Crippen LogP contribution in [0.4, 0.5) is 0 Å². The molecule has 1 saturated carbocycles. The Kier molecular flexibility index (Phi) is 2.52. The smallest absolute Gasteiger partial charge is 0.00745 e. The van der Waals surface area contributed by atoms with Gasteiger partial charge in [0, 0.05) is 0 Å². The van der Waals surface area contributed by atoms with Crippen molar-refractivity contribution < 1.29 is 0 Å². The fourth-order valence-electron chi connectivity index (χ4n) is 1.77. The maximum absolute atomic E-state index is 5.46. The van der Waals surface area contributed by atoms with E-state index in [0.29, 0.717) is 0 Å². The zero-order chi connectivity index (χ0) is 6.69. The Hall–Kier alpha value is -0.0400. The van der Waals surface area contributed by atoms with Crippen molar-refractivity contribution in [2.24, 2.45) is 17.6 Å². The SMILES string of the molecule is CCC1CC[C@H]1CCN. The Labute approximate surface area is 57.6 Å². The van der Waals surface area contributed by atoms with Crippen molar-refractivity contribution in [2.45, 2.75) is 32.6 Å². The molecule has 54 valence electrons. The lowest BCUT2D eigenvalue weighted by Gasteiger charge is -2.35. The van der Waals surface area contributed by atoms with E-state index in [9.17, 15) is 0 Å². The van der Waals surface area contributed by atoms with E-state index >= 15 is 0 Å². The molecule has 0 saturated heterocycles. The standard InChI is InChI=1S/C8H17N/c1-2-7-3-4-8(7)5-6-9/h7-8H,2-6,9H2,1H3/t7?,8-/m0/s1. The average molecular weight is 127 g/mol. The van der Waals surface area contributed by atoms with Gasteiger partial charge in [-0.15, -0.1) is 0 Å². The third kappa shape index (κ3) is 1.45. The van der Waals surface area contributed by atoms with E-state index in [1.165, 1.54) is 25.7 Å². The van der Waals surface area contributed by atoms with Gasteiger partial charge in [-0.05, 0) is 37.6 Å². The van der Waals surface area contributed by atoms with Crippen LogP contribution in [0, 0.1) is 11.8 Å². The minimum Gasteiger partial charge on any atom is -0.330 e. The van der Waals surface area contributed by atoms with Gasteiger partial charge in [-0.2, -0.15) is 0 Å². The molecule has 2 atom stereocenters. The summed E-state index contributed by atoms with van der Waals surface area (Å²) in [5.41, 5.74) is 5.46. The van der Waals surface area contributed by atoms with E-state index in [-0.39, 0.29) is 0 Å². The summed E-state index contributed by atoms with van der Waals surface area (Å²) in [4.78, 5) is 0. The highest BCUT2D eigenvalue weighted by Gasteiger charge is 2.27. The van der Waals surface area contributed by atoms with Gasteiger partial charge in [-0.1, -0.05) is 13.3 Å². The maximum Gasteiger partial charge on any atom is -0.00745 e. The van der Waals surface area contributed by atoms with Crippen molar-refractivity contribution in [1.82, 2.24) is 0 Å². The first-order chi connectivity index (χ1) is 4.38. The van der Waals surface area contributed by atoms with Gasteiger partial charge >= 0.3 is 0 Å². The van der Waals surface area contributed by atoms with E-state index < -0.39 is 0 Å². The number of nitrogens with two attached hydrogens (primary N) is 1. The first-order valence-corrected chi connectivity index (χ1v) is 4.08. The van der Waals surface area contributed by atoms with Gasteiger partial charge in [0.15, 0.2) is 0 Å². The lowest BCUT2D eigenvalue weighted by molar-refractivity contribution is 0.161. The van der Waals surface area contributed by atoms with Crippen LogP contribution in [0.25, 0.3) is 0 Å². The maximum atomic E-state index is 5.46. The molecule has 1 aliphatic rings. The zero-order valence-electron chi connectivity index (χ0n) is 6.27. The molecule has 0 aliphatic heterocycles. The summed E-state index contributed by atoms with van der Waals surface area (Å²) in [5, 5.41) is 0. The van der Waals surface area contributed by atoms with E-state index in [1.807, 2.05) is 0 Å². The third-order valence-corrected chi connectivity index (χ3v) is 2.64. The molecule has 0 radical (unpaired) electrons. The van der Waals surface area contributed by atoms with Gasteiger partial charge in [0.05, 0.1) is 0 Å². The largest absolute Gasteiger partial charge is 0.330 e. The van der Waals surface area contributed by atoms with E-state index in [1.54, 1.807) is 0 Å². The molecule has 1 nitrogen and oxygen atoms in total. The molecule has 9 heavy (non-hydrogen) atoms. The van der Waals surface area contributed by atoms with Crippen molar-refractivity contribution >= 4 is 0 Å². The molecule has 0 amide bonds. The summed E-state index contributed by atoms with van der Waals surface area (Å²) < 4.78 is 0. The first kappa shape index (κ1) is 7.07. The first-order valence-electron chi connectivity index (χ1n) is 4.08. The average Bonchev–Trinajstić information content (AvgIpc) is 1.82. The number of hydrogen-bond donors (Lipinski definition) is 1. The lowest BCUT2D eigenvalue weighted by Crippen LogP contribution is -2.27. The molecule has 1 rings (SSSR count). The van der Waals surface area contributed by atoms with Crippen LogP contribution in [-0.4, -0.2) is 6.54 Å². The molecular formula is C8H17N. The van der Waals surface area contributed by atoms with Crippen LogP contribution >= 0.6 is 0 Å². The van der Waals surface area contributed by atoms with Gasteiger partial charge in [-0.3, -0.25) is 0 Å². The second-order valence-corrected chi connectivity index (χ2v) is 3.08. The van der Waals surface area contributed by atoms with E-state index in [2.05, 4.69) is 6.92 Å². The second-order valence-electron chi connectivity index (χ2n) is 3.08. The van der Waals surface area contributed by atoms with Crippen molar-refractivity contribution in [2.75, 3.05) is 6.54 Å². The van der Waals surface area contributed by atoms with Crippen molar-refractivity contribution in [3.63, 3.8) is 0 Å². The third-order valence-electron chi connectivity index (χ3n) is 2.64. The molecule has 0 aromatic heterocycles. The van der Waals surface area contributed by atoms with Crippen LogP contribution < -0.4 is 5.73 Å². The van der Waals surface area contributed by atoms with Crippen LogP contribution in [0.3, 0.4) is 0 Å². The molecule has 1 unspecified atom stereocenters. The Bertz CT molecular complexity index is 78.6. The van der Waals surface area contributed by atoms with Crippen molar-refractivity contribution in [1.29, 1.82) is 0 Å². The Morgan fingerprint density at radius 2 is 2.00 bits per heavy atom. The molecule has 0 heterocycles. The molecule has 1 aliphatic carbocycles. The highest BCUT2D eigenvalue weighted by molar-refractivity contribution is 4.79. The summed E-state index contributed by atoms with van der Waals surface area (Å²) in [6, 6.07) is 0. The summed E-state index contributed by atoms with van der Waals surface area (Å²) in [6.07, 6.45) is 5.53. The van der Waals surface area contributed by atoms with Gasteiger partial charge in [0.1, 0.15) is 0 Å². The molecule has 2 N–H and O–H groups in total. The summed E-state index contributed by atoms with van der Waals surface area (Å²) in [6.45, 7) is 3.18. The number of hydrogen-bond acceptors (Lipinski definition) is 1. The van der Waals surface area contributed by atoms with Crippen LogP contribution in [0.2, 0.25) is 0 Å².